The zero-order valence-electron chi connectivity index (χ0n) is 16.9. The average molecular weight is 412 g/mol. The minimum absolute atomic E-state index is 0.0168. The van der Waals surface area contributed by atoms with Crippen molar-refractivity contribution in [3.05, 3.63) is 59.9 Å². The molecule has 6 nitrogen and oxygen atoms in total. The number of nitrogens with one attached hydrogen (secondary N) is 1. The Morgan fingerprint density at radius 1 is 1.17 bits per heavy atom. The lowest BCUT2D eigenvalue weighted by atomic mass is 10.1. The molecule has 2 amide bonds. The summed E-state index contributed by atoms with van der Waals surface area (Å²) in [6.07, 6.45) is 3.26. The van der Waals surface area contributed by atoms with Crippen LogP contribution in [0.1, 0.15) is 31.7 Å². The third-order valence-electron chi connectivity index (χ3n) is 5.02. The number of benzene rings is 2. The average Bonchev–Trinajstić information content (AvgIpc) is 3.14. The fourth-order valence-corrected chi connectivity index (χ4v) is 3.34. The van der Waals surface area contributed by atoms with Gasteiger partial charge in [-0.1, -0.05) is 37.6 Å². The standard InChI is InChI=1S/C23H25FN2O4/c1-2-3-6-16-9-11-18(12-10-16)26-14-17(13-22(26)28)23(29)30-15-21(27)25-20-8-5-4-7-19(20)24/h4-5,7-12,17H,2-3,6,13-15H2,1H3,(H,25,27)/t17-/m1/s1. The largest absolute Gasteiger partial charge is 0.455 e. The Bertz CT molecular complexity index is 914. The molecule has 0 aliphatic carbocycles. The molecular formula is C23H25FN2O4. The molecule has 0 unspecified atom stereocenters. The van der Waals surface area contributed by atoms with Gasteiger partial charge in [-0.3, -0.25) is 14.4 Å². The van der Waals surface area contributed by atoms with E-state index in [1.807, 2.05) is 24.3 Å². The van der Waals surface area contributed by atoms with Crippen molar-refractivity contribution in [1.82, 2.24) is 0 Å². The van der Waals surface area contributed by atoms with E-state index in [4.69, 9.17) is 4.74 Å². The van der Waals surface area contributed by atoms with Gasteiger partial charge in [0.05, 0.1) is 11.6 Å². The van der Waals surface area contributed by atoms with Crippen LogP contribution in [0.25, 0.3) is 0 Å². The fraction of sp³-hybridized carbons (Fsp3) is 0.348. The summed E-state index contributed by atoms with van der Waals surface area (Å²) in [5, 5.41) is 2.35. The molecule has 0 bridgehead atoms. The number of ether oxygens (including phenoxy) is 1. The van der Waals surface area contributed by atoms with Crippen LogP contribution in [0.5, 0.6) is 0 Å². The molecule has 1 saturated heterocycles. The van der Waals surface area contributed by atoms with E-state index in [1.54, 1.807) is 11.0 Å². The number of hydrogen-bond donors (Lipinski definition) is 1. The molecule has 3 rings (SSSR count). The van der Waals surface area contributed by atoms with E-state index in [-0.39, 0.29) is 24.6 Å². The minimum Gasteiger partial charge on any atom is -0.455 e. The minimum atomic E-state index is -0.641. The summed E-state index contributed by atoms with van der Waals surface area (Å²) in [4.78, 5) is 38.1. The van der Waals surface area contributed by atoms with Gasteiger partial charge in [-0.2, -0.15) is 0 Å². The molecule has 7 heteroatoms. The van der Waals surface area contributed by atoms with Crippen molar-refractivity contribution in [3.63, 3.8) is 0 Å². The van der Waals surface area contributed by atoms with Crippen molar-refractivity contribution < 1.29 is 23.5 Å². The summed E-state index contributed by atoms with van der Waals surface area (Å²) in [6.45, 7) is 1.81. The summed E-state index contributed by atoms with van der Waals surface area (Å²) in [5.74, 6) is -2.63. The van der Waals surface area contributed by atoms with Crippen molar-refractivity contribution in [2.24, 2.45) is 5.92 Å². The first-order chi connectivity index (χ1) is 14.5. The van der Waals surface area contributed by atoms with Gasteiger partial charge in [-0.15, -0.1) is 0 Å². The van der Waals surface area contributed by atoms with Gasteiger partial charge in [0.1, 0.15) is 5.82 Å². The molecule has 1 aliphatic heterocycles. The van der Waals surface area contributed by atoms with Gasteiger partial charge in [0.25, 0.3) is 5.91 Å². The van der Waals surface area contributed by atoms with Crippen LogP contribution in [-0.2, 0) is 25.5 Å². The number of amides is 2. The molecule has 1 aliphatic rings. The van der Waals surface area contributed by atoms with Crippen LogP contribution >= 0.6 is 0 Å². The van der Waals surface area contributed by atoms with Gasteiger partial charge < -0.3 is 15.0 Å². The lowest BCUT2D eigenvalue weighted by molar-refractivity contribution is -0.151. The van der Waals surface area contributed by atoms with E-state index in [1.165, 1.54) is 23.8 Å². The Balaban J connectivity index is 1.51. The number of para-hydroxylation sites is 1. The number of anilines is 2. The molecule has 0 saturated carbocycles. The molecule has 2 aromatic rings. The highest BCUT2D eigenvalue weighted by Crippen LogP contribution is 2.26. The molecule has 2 aromatic carbocycles. The van der Waals surface area contributed by atoms with E-state index in [0.717, 1.165) is 24.9 Å². The molecule has 30 heavy (non-hydrogen) atoms. The van der Waals surface area contributed by atoms with Crippen LogP contribution < -0.4 is 10.2 Å². The third kappa shape index (κ3) is 5.43. The molecule has 0 spiro atoms. The number of halogens is 1. The van der Waals surface area contributed by atoms with Crippen LogP contribution in [0, 0.1) is 11.7 Å². The van der Waals surface area contributed by atoms with Gasteiger partial charge in [-0.25, -0.2) is 4.39 Å². The first kappa shape index (κ1) is 21.5. The number of hydrogen-bond acceptors (Lipinski definition) is 4. The number of aryl methyl sites for hydroxylation is 1. The van der Waals surface area contributed by atoms with Crippen molar-refractivity contribution in [3.8, 4) is 0 Å². The normalized spacial score (nSPS) is 15.9. The molecule has 0 aromatic heterocycles. The van der Waals surface area contributed by atoms with E-state index >= 15 is 0 Å². The maximum atomic E-state index is 13.6. The Kier molecular flexibility index (Phi) is 7.17. The quantitative estimate of drug-likeness (QED) is 0.671. The van der Waals surface area contributed by atoms with Crippen LogP contribution in [-0.4, -0.2) is 30.9 Å². The maximum Gasteiger partial charge on any atom is 0.311 e. The summed E-state index contributed by atoms with van der Waals surface area (Å²) in [6, 6.07) is 13.5. The highest BCUT2D eigenvalue weighted by atomic mass is 19.1. The van der Waals surface area contributed by atoms with Crippen LogP contribution in [0.15, 0.2) is 48.5 Å². The van der Waals surface area contributed by atoms with Gasteiger partial charge in [0.2, 0.25) is 5.91 Å². The molecule has 1 fully saturated rings. The molecule has 0 radical (unpaired) electrons. The second-order valence-corrected chi connectivity index (χ2v) is 7.31. The zero-order valence-corrected chi connectivity index (χ0v) is 16.9. The highest BCUT2D eigenvalue weighted by Gasteiger charge is 2.36. The second-order valence-electron chi connectivity index (χ2n) is 7.31. The van der Waals surface area contributed by atoms with Crippen molar-refractivity contribution in [2.45, 2.75) is 32.6 Å². The fourth-order valence-electron chi connectivity index (χ4n) is 3.34. The summed E-state index contributed by atoms with van der Waals surface area (Å²) < 4.78 is 18.6. The first-order valence-electron chi connectivity index (χ1n) is 10.1. The van der Waals surface area contributed by atoms with E-state index in [2.05, 4.69) is 12.2 Å². The summed E-state index contributed by atoms with van der Waals surface area (Å²) >= 11 is 0. The molecule has 1 heterocycles. The topological polar surface area (TPSA) is 75.7 Å². The van der Waals surface area contributed by atoms with Crippen LogP contribution in [0.2, 0.25) is 0 Å². The monoisotopic (exact) mass is 412 g/mol. The summed E-state index contributed by atoms with van der Waals surface area (Å²) in [7, 11) is 0. The summed E-state index contributed by atoms with van der Waals surface area (Å²) in [5.41, 5.74) is 1.97. The lowest BCUT2D eigenvalue weighted by Gasteiger charge is -2.17. The predicted octanol–water partition coefficient (Wildman–Crippen LogP) is 3.70. The predicted molar refractivity (Wildman–Crippen MR) is 112 cm³/mol. The lowest BCUT2D eigenvalue weighted by Crippen LogP contribution is -2.28. The van der Waals surface area contributed by atoms with E-state index in [0.29, 0.717) is 0 Å². The number of carbonyl (C=O) groups excluding carboxylic acids is 3. The van der Waals surface area contributed by atoms with Gasteiger partial charge in [0, 0.05) is 18.7 Å². The number of unbranched alkanes of at least 4 members (excludes halogenated alkanes) is 1. The molecule has 1 atom stereocenters. The Labute approximate surface area is 175 Å². The van der Waals surface area contributed by atoms with E-state index in [9.17, 15) is 18.8 Å². The Hall–Kier alpha value is -3.22. The smallest absolute Gasteiger partial charge is 0.311 e. The highest BCUT2D eigenvalue weighted by molar-refractivity contribution is 6.00. The van der Waals surface area contributed by atoms with Crippen molar-refractivity contribution >= 4 is 29.2 Å². The van der Waals surface area contributed by atoms with Crippen molar-refractivity contribution in [2.75, 3.05) is 23.4 Å². The SMILES string of the molecule is CCCCc1ccc(N2C[C@H](C(=O)OCC(=O)Nc3ccccc3F)CC2=O)cc1. The number of esters is 1. The Morgan fingerprint density at radius 3 is 2.60 bits per heavy atom. The molecular weight excluding hydrogens is 387 g/mol. The van der Waals surface area contributed by atoms with Crippen molar-refractivity contribution in [1.29, 1.82) is 0 Å². The van der Waals surface area contributed by atoms with E-state index < -0.39 is 30.2 Å². The number of nitrogens with zero attached hydrogens (tertiary/aromatic N) is 1. The van der Waals surface area contributed by atoms with Gasteiger partial charge >= 0.3 is 5.97 Å². The van der Waals surface area contributed by atoms with Crippen LogP contribution in [0.3, 0.4) is 0 Å². The van der Waals surface area contributed by atoms with Gasteiger partial charge in [0.15, 0.2) is 6.61 Å². The molecule has 1 N–H and O–H groups in total. The Morgan fingerprint density at radius 2 is 1.90 bits per heavy atom. The van der Waals surface area contributed by atoms with Gasteiger partial charge in [-0.05, 0) is 42.7 Å². The maximum absolute atomic E-state index is 13.6. The second kappa shape index (κ2) is 10.0. The van der Waals surface area contributed by atoms with Crippen LogP contribution in [0.4, 0.5) is 15.8 Å². The number of rotatable bonds is 8. The first-order valence-corrected chi connectivity index (χ1v) is 10.1. The third-order valence-corrected chi connectivity index (χ3v) is 5.02. The number of carbonyl (C=O) groups is 3. The zero-order chi connectivity index (χ0) is 21.5. The molecule has 158 valence electrons.